The lowest BCUT2D eigenvalue weighted by atomic mass is 10.2. The highest BCUT2D eigenvalue weighted by atomic mass is 16.5. The number of H-pyrrole nitrogens is 1. The van der Waals surface area contributed by atoms with Crippen LogP contribution in [0.25, 0.3) is 0 Å². The van der Waals surface area contributed by atoms with Gasteiger partial charge in [-0.2, -0.15) is 10.3 Å². The number of hydrogen-bond donors (Lipinski definition) is 2. The van der Waals surface area contributed by atoms with Crippen molar-refractivity contribution in [1.82, 2.24) is 20.6 Å². The van der Waals surface area contributed by atoms with E-state index in [9.17, 15) is 0 Å². The molecular weight excluding hydrogens is 294 g/mol. The molecule has 0 fully saturated rings. The Balaban J connectivity index is 2.19. The number of nitrogens with zero attached hydrogens (tertiary/aromatic N) is 5. The number of anilines is 2. The summed E-state index contributed by atoms with van der Waals surface area (Å²) in [5.41, 5.74) is 4.64. The molecule has 0 saturated carbocycles. The molecule has 0 bridgehead atoms. The van der Waals surface area contributed by atoms with Gasteiger partial charge < -0.3 is 9.64 Å². The summed E-state index contributed by atoms with van der Waals surface area (Å²) in [6.45, 7) is 10.2. The van der Waals surface area contributed by atoms with Gasteiger partial charge in [0, 0.05) is 30.4 Å². The first-order valence-corrected chi connectivity index (χ1v) is 7.43. The van der Waals surface area contributed by atoms with Crippen LogP contribution in [0.5, 0.6) is 5.75 Å². The summed E-state index contributed by atoms with van der Waals surface area (Å²) in [6.07, 6.45) is 3.36. The van der Waals surface area contributed by atoms with E-state index in [0.717, 1.165) is 30.1 Å². The number of aromatic amines is 1. The first-order valence-electron chi connectivity index (χ1n) is 7.43. The van der Waals surface area contributed by atoms with Crippen molar-refractivity contribution in [3.05, 3.63) is 36.4 Å². The first-order chi connectivity index (χ1) is 11.3. The molecule has 8 heteroatoms. The van der Waals surface area contributed by atoms with E-state index in [1.807, 2.05) is 18.2 Å². The van der Waals surface area contributed by atoms with Crippen LogP contribution in [0.2, 0.25) is 0 Å². The maximum atomic E-state index is 5.74. The van der Waals surface area contributed by atoms with Crippen LogP contribution in [0.3, 0.4) is 0 Å². The zero-order valence-corrected chi connectivity index (χ0v) is 13.4. The lowest BCUT2D eigenvalue weighted by molar-refractivity contribution is 0.363. The summed E-state index contributed by atoms with van der Waals surface area (Å²) in [5, 5.41) is 17.4. The molecule has 0 aliphatic rings. The zero-order chi connectivity index (χ0) is 16.5. The van der Waals surface area contributed by atoms with Crippen molar-refractivity contribution in [1.29, 1.82) is 0 Å². The molecule has 2 rings (SSSR count). The third-order valence-electron chi connectivity index (χ3n) is 3.20. The second-order valence-electron chi connectivity index (χ2n) is 4.60. The van der Waals surface area contributed by atoms with Gasteiger partial charge in [-0.25, -0.2) is 5.43 Å². The summed E-state index contributed by atoms with van der Waals surface area (Å²) in [4.78, 5) is 2.25. The number of benzene rings is 1. The van der Waals surface area contributed by atoms with Crippen LogP contribution in [0.15, 0.2) is 36.0 Å². The van der Waals surface area contributed by atoms with Gasteiger partial charge in [0.25, 0.3) is 5.95 Å². The summed E-state index contributed by atoms with van der Waals surface area (Å²) in [5.74, 6) is 1.04. The quantitative estimate of drug-likeness (QED) is 0.418. The normalized spacial score (nSPS) is 10.7. The van der Waals surface area contributed by atoms with E-state index < -0.39 is 0 Å². The van der Waals surface area contributed by atoms with Gasteiger partial charge in [0.15, 0.2) is 0 Å². The molecule has 2 N–H and O–H groups in total. The van der Waals surface area contributed by atoms with Gasteiger partial charge in [-0.15, -0.1) is 5.10 Å². The van der Waals surface area contributed by atoms with Gasteiger partial charge in [0.2, 0.25) is 0 Å². The number of hydrogen-bond acceptors (Lipinski definition) is 7. The molecule has 8 nitrogen and oxygen atoms in total. The molecular formula is C15H21N7O. The number of nitrogens with one attached hydrogen (secondary N) is 2. The Bertz CT molecular complexity index is 635. The van der Waals surface area contributed by atoms with Gasteiger partial charge in [0.1, 0.15) is 12.4 Å². The average molecular weight is 315 g/mol. The summed E-state index contributed by atoms with van der Waals surface area (Å²) in [6, 6.07) is 6.02. The second-order valence-corrected chi connectivity index (χ2v) is 4.60. The molecule has 0 radical (unpaired) electrons. The zero-order valence-electron chi connectivity index (χ0n) is 13.4. The minimum absolute atomic E-state index is 0.301. The van der Waals surface area contributed by atoms with Crippen molar-refractivity contribution in [3.8, 4) is 5.75 Å². The number of tetrazole rings is 1. The van der Waals surface area contributed by atoms with E-state index in [4.69, 9.17) is 4.74 Å². The maximum absolute atomic E-state index is 5.74. The standard InChI is InChI=1S/C15H21N7O/c1-4-9-23-14-10-13(22(5-2)6-3)8-7-12(14)11-16-17-15-18-20-21-19-15/h4,7-8,10-11H,1,5-6,9H2,2-3H3,(H2,17,18,19,20,21)/b16-11+. The molecule has 0 spiro atoms. The lowest BCUT2D eigenvalue weighted by Gasteiger charge is -2.22. The molecule has 0 amide bonds. The van der Waals surface area contributed by atoms with Crippen molar-refractivity contribution in [2.45, 2.75) is 13.8 Å². The number of ether oxygens (including phenoxy) is 1. The molecule has 1 heterocycles. The van der Waals surface area contributed by atoms with Gasteiger partial charge in [-0.3, -0.25) is 0 Å². The van der Waals surface area contributed by atoms with Crippen molar-refractivity contribution in [3.63, 3.8) is 0 Å². The third-order valence-corrected chi connectivity index (χ3v) is 3.20. The summed E-state index contributed by atoms with van der Waals surface area (Å²) >= 11 is 0. The molecule has 2 aromatic rings. The molecule has 0 atom stereocenters. The highest BCUT2D eigenvalue weighted by Gasteiger charge is 2.07. The van der Waals surface area contributed by atoms with E-state index in [2.05, 4.69) is 56.5 Å². The van der Waals surface area contributed by atoms with Gasteiger partial charge in [-0.05, 0) is 31.2 Å². The van der Waals surface area contributed by atoms with Crippen molar-refractivity contribution in [2.75, 3.05) is 30.0 Å². The Morgan fingerprint density at radius 3 is 2.87 bits per heavy atom. The third kappa shape index (κ3) is 4.53. The Labute approximate surface area is 135 Å². The Morgan fingerprint density at radius 2 is 2.22 bits per heavy atom. The molecule has 0 aliphatic carbocycles. The molecule has 0 saturated heterocycles. The molecule has 23 heavy (non-hydrogen) atoms. The molecule has 0 aliphatic heterocycles. The largest absolute Gasteiger partial charge is 0.489 e. The molecule has 1 aromatic heterocycles. The number of hydrazone groups is 1. The topological polar surface area (TPSA) is 91.3 Å². The average Bonchev–Trinajstić information content (AvgIpc) is 3.09. The number of rotatable bonds is 9. The minimum Gasteiger partial charge on any atom is -0.489 e. The molecule has 122 valence electrons. The van der Waals surface area contributed by atoms with Crippen molar-refractivity contribution >= 4 is 17.9 Å². The van der Waals surface area contributed by atoms with Crippen LogP contribution < -0.4 is 15.1 Å². The molecule has 1 aromatic carbocycles. The summed E-state index contributed by atoms with van der Waals surface area (Å²) < 4.78 is 5.74. The van der Waals surface area contributed by atoms with Crippen molar-refractivity contribution in [2.24, 2.45) is 5.10 Å². The highest BCUT2D eigenvalue weighted by Crippen LogP contribution is 2.25. The lowest BCUT2D eigenvalue weighted by Crippen LogP contribution is -2.21. The first kappa shape index (κ1) is 16.5. The van der Waals surface area contributed by atoms with E-state index >= 15 is 0 Å². The Morgan fingerprint density at radius 1 is 1.39 bits per heavy atom. The second kappa shape index (κ2) is 8.52. The summed E-state index contributed by atoms with van der Waals surface area (Å²) in [7, 11) is 0. The van der Waals surface area contributed by atoms with Crippen LogP contribution in [0, 0.1) is 0 Å². The van der Waals surface area contributed by atoms with Crippen LogP contribution in [0.1, 0.15) is 19.4 Å². The van der Waals surface area contributed by atoms with Crippen LogP contribution in [-0.4, -0.2) is 46.5 Å². The highest BCUT2D eigenvalue weighted by molar-refractivity contribution is 5.85. The maximum Gasteiger partial charge on any atom is 0.283 e. The van der Waals surface area contributed by atoms with Crippen LogP contribution in [0.4, 0.5) is 11.6 Å². The van der Waals surface area contributed by atoms with Gasteiger partial charge in [-0.1, -0.05) is 17.8 Å². The minimum atomic E-state index is 0.301. The number of aromatic nitrogens is 4. The Kier molecular flexibility index (Phi) is 6.10. The van der Waals surface area contributed by atoms with Crippen LogP contribution >= 0.6 is 0 Å². The van der Waals surface area contributed by atoms with Crippen LogP contribution in [-0.2, 0) is 0 Å². The fourth-order valence-electron chi connectivity index (χ4n) is 2.06. The predicted octanol–water partition coefficient (Wildman–Crippen LogP) is 2.06. The van der Waals surface area contributed by atoms with E-state index in [1.165, 1.54) is 0 Å². The fraction of sp³-hybridized carbons (Fsp3) is 0.333. The smallest absolute Gasteiger partial charge is 0.283 e. The van der Waals surface area contributed by atoms with Crippen molar-refractivity contribution < 1.29 is 4.74 Å². The molecule has 0 unspecified atom stereocenters. The fourth-order valence-corrected chi connectivity index (χ4v) is 2.06. The monoisotopic (exact) mass is 315 g/mol. The van der Waals surface area contributed by atoms with E-state index in [-0.39, 0.29) is 0 Å². The van der Waals surface area contributed by atoms with E-state index in [1.54, 1.807) is 12.3 Å². The van der Waals surface area contributed by atoms with Gasteiger partial charge in [0.05, 0.1) is 6.21 Å². The van der Waals surface area contributed by atoms with Gasteiger partial charge >= 0.3 is 0 Å². The Hall–Kier alpha value is -2.90. The SMILES string of the molecule is C=CCOc1cc(N(CC)CC)ccc1/C=N/Nc1nn[nH]n1. The van der Waals surface area contributed by atoms with E-state index in [0.29, 0.717) is 12.6 Å². The predicted molar refractivity (Wildman–Crippen MR) is 91.1 cm³/mol.